The summed E-state index contributed by atoms with van der Waals surface area (Å²) in [6.07, 6.45) is 2.23. The average Bonchev–Trinajstić information content (AvgIpc) is 3.32. The van der Waals surface area contributed by atoms with Crippen LogP contribution in [0.2, 0.25) is 0 Å². The Morgan fingerprint density at radius 1 is 1.05 bits per heavy atom. The molecule has 2 aromatic heterocycles. The lowest BCUT2D eigenvalue weighted by molar-refractivity contribution is -0.287. The number of rotatable bonds is 8. The van der Waals surface area contributed by atoms with Crippen molar-refractivity contribution in [1.29, 1.82) is 0 Å². The highest BCUT2D eigenvalue weighted by Gasteiger charge is 2.57. The summed E-state index contributed by atoms with van der Waals surface area (Å²) in [4.78, 5) is 18.7. The van der Waals surface area contributed by atoms with Crippen LogP contribution in [0.1, 0.15) is 11.1 Å². The Labute approximate surface area is 209 Å². The van der Waals surface area contributed by atoms with E-state index in [0.29, 0.717) is 27.1 Å². The summed E-state index contributed by atoms with van der Waals surface area (Å²) < 4.78 is 70.1. The van der Waals surface area contributed by atoms with Crippen molar-refractivity contribution in [3.8, 4) is 11.1 Å². The van der Waals surface area contributed by atoms with Gasteiger partial charge in [-0.3, -0.25) is 19.4 Å². The van der Waals surface area contributed by atoms with Gasteiger partial charge < -0.3 is 10.1 Å². The second kappa shape index (κ2) is 11.2. The van der Waals surface area contributed by atoms with Crippen molar-refractivity contribution in [1.82, 2.24) is 19.7 Å². The molecule has 1 saturated heterocycles. The molecule has 1 aromatic carbocycles. The maximum atomic E-state index is 13.4. The molecule has 0 radical (unpaired) electrons. The lowest BCUT2D eigenvalue weighted by Crippen LogP contribution is -2.40. The molecule has 0 atom stereocenters. The van der Waals surface area contributed by atoms with Gasteiger partial charge in [0.2, 0.25) is 5.91 Å². The Bertz CT molecular complexity index is 1230. The number of nitrogens with zero attached hydrogens (tertiary/aromatic N) is 4. The number of alkyl halides is 5. The molecule has 1 aliphatic heterocycles. The topological polar surface area (TPSA) is 72.3 Å². The number of nitrogens with one attached hydrogen (secondary N) is 1. The molecule has 1 amide bonds. The van der Waals surface area contributed by atoms with Gasteiger partial charge in [-0.05, 0) is 35.4 Å². The Morgan fingerprint density at radius 2 is 1.78 bits per heavy atom. The predicted octanol–water partition coefficient (Wildman–Crippen LogP) is 4.63. The number of hydrogen-bond acceptors (Lipinski definition) is 5. The van der Waals surface area contributed by atoms with Crippen molar-refractivity contribution in [3.63, 3.8) is 0 Å². The molecular formula is C25H24F5N5O2. The SMILES string of the molecule is O=C(C=Cc1cnccc1-c1cnn(CC(F)(F)C(F)(F)F)c1)Nc1ccc(CN2CCOCC2)cc1. The van der Waals surface area contributed by atoms with Crippen LogP contribution in [-0.4, -0.2) is 64.0 Å². The number of ether oxygens (including phenoxy) is 1. The first-order valence-corrected chi connectivity index (χ1v) is 11.4. The number of anilines is 1. The molecule has 0 saturated carbocycles. The van der Waals surface area contributed by atoms with Crippen LogP contribution in [0, 0.1) is 0 Å². The third-order valence-electron chi connectivity index (χ3n) is 5.72. The van der Waals surface area contributed by atoms with E-state index in [4.69, 9.17) is 4.74 Å². The van der Waals surface area contributed by atoms with E-state index in [9.17, 15) is 26.7 Å². The van der Waals surface area contributed by atoms with Gasteiger partial charge in [0.25, 0.3) is 0 Å². The quantitative estimate of drug-likeness (QED) is 0.346. The molecule has 1 fully saturated rings. The van der Waals surface area contributed by atoms with Crippen molar-refractivity contribution in [3.05, 3.63) is 72.3 Å². The van der Waals surface area contributed by atoms with Crippen molar-refractivity contribution >= 4 is 17.7 Å². The zero-order valence-electron chi connectivity index (χ0n) is 19.6. The first kappa shape index (κ1) is 26.4. The van der Waals surface area contributed by atoms with E-state index in [1.165, 1.54) is 30.7 Å². The van der Waals surface area contributed by atoms with Crippen LogP contribution in [0.3, 0.4) is 0 Å². The number of aromatic nitrogens is 3. The van der Waals surface area contributed by atoms with Crippen LogP contribution >= 0.6 is 0 Å². The van der Waals surface area contributed by atoms with Gasteiger partial charge in [-0.1, -0.05) is 12.1 Å². The molecule has 0 spiro atoms. The fourth-order valence-electron chi connectivity index (χ4n) is 3.74. The number of pyridine rings is 1. The van der Waals surface area contributed by atoms with Crippen LogP contribution in [0.4, 0.5) is 27.6 Å². The second-order valence-corrected chi connectivity index (χ2v) is 8.50. The number of morpholine rings is 1. The van der Waals surface area contributed by atoms with Gasteiger partial charge in [0.15, 0.2) is 0 Å². The zero-order valence-corrected chi connectivity index (χ0v) is 19.6. The largest absolute Gasteiger partial charge is 0.455 e. The van der Waals surface area contributed by atoms with Crippen molar-refractivity contribution in [2.75, 3.05) is 31.6 Å². The first-order chi connectivity index (χ1) is 17.6. The molecule has 0 unspecified atom stereocenters. The Balaban J connectivity index is 1.39. The summed E-state index contributed by atoms with van der Waals surface area (Å²) in [7, 11) is 0. The second-order valence-electron chi connectivity index (χ2n) is 8.50. The van der Waals surface area contributed by atoms with Crippen LogP contribution < -0.4 is 5.32 Å². The highest BCUT2D eigenvalue weighted by Crippen LogP contribution is 2.37. The third-order valence-corrected chi connectivity index (χ3v) is 5.72. The molecule has 196 valence electrons. The standard InChI is InChI=1S/C25H24F5N5O2/c26-24(27,25(28,29)30)17-35-16-20(14-32-35)22-7-8-31-13-19(22)3-6-23(36)33-21-4-1-18(2-5-21)15-34-9-11-37-12-10-34/h1-8,13-14,16H,9-12,15,17H2,(H,33,36). The van der Waals surface area contributed by atoms with E-state index in [0.717, 1.165) is 44.6 Å². The average molecular weight is 521 g/mol. The molecule has 3 heterocycles. The number of carbonyl (C=O) groups excluding carboxylic acids is 1. The summed E-state index contributed by atoms with van der Waals surface area (Å²) >= 11 is 0. The highest BCUT2D eigenvalue weighted by atomic mass is 19.4. The first-order valence-electron chi connectivity index (χ1n) is 11.4. The summed E-state index contributed by atoms with van der Waals surface area (Å²) in [6.45, 7) is 2.35. The monoisotopic (exact) mass is 521 g/mol. The van der Waals surface area contributed by atoms with E-state index in [1.807, 2.05) is 24.3 Å². The number of hydrogen-bond donors (Lipinski definition) is 1. The number of carbonyl (C=O) groups is 1. The molecule has 4 rings (SSSR count). The fourth-order valence-corrected chi connectivity index (χ4v) is 3.74. The Kier molecular flexibility index (Phi) is 7.98. The van der Waals surface area contributed by atoms with E-state index in [2.05, 4.69) is 20.3 Å². The van der Waals surface area contributed by atoms with Crippen LogP contribution in [0.15, 0.2) is 61.2 Å². The molecular weight excluding hydrogens is 497 g/mol. The lowest BCUT2D eigenvalue weighted by atomic mass is 10.0. The molecule has 3 aromatic rings. The molecule has 0 aliphatic carbocycles. The Morgan fingerprint density at radius 3 is 2.49 bits per heavy atom. The summed E-state index contributed by atoms with van der Waals surface area (Å²) in [5.74, 6) is -5.33. The van der Waals surface area contributed by atoms with Crippen molar-refractivity contribution < 1.29 is 31.5 Å². The van der Waals surface area contributed by atoms with E-state index >= 15 is 0 Å². The van der Waals surface area contributed by atoms with Gasteiger partial charge in [0.05, 0.1) is 19.4 Å². The molecule has 37 heavy (non-hydrogen) atoms. The van der Waals surface area contributed by atoms with Crippen LogP contribution in [0.25, 0.3) is 17.2 Å². The molecule has 1 N–H and O–H groups in total. The minimum Gasteiger partial charge on any atom is -0.379 e. The van der Waals surface area contributed by atoms with Crippen molar-refractivity contribution in [2.24, 2.45) is 0 Å². The smallest absolute Gasteiger partial charge is 0.379 e. The van der Waals surface area contributed by atoms with Gasteiger partial charge >= 0.3 is 12.1 Å². The summed E-state index contributed by atoms with van der Waals surface area (Å²) in [5.41, 5.74) is 2.95. The molecule has 1 aliphatic rings. The van der Waals surface area contributed by atoms with Crippen LogP contribution in [0.5, 0.6) is 0 Å². The summed E-state index contributed by atoms with van der Waals surface area (Å²) in [5, 5.41) is 6.39. The van der Waals surface area contributed by atoms with E-state index in [1.54, 1.807) is 6.07 Å². The van der Waals surface area contributed by atoms with E-state index < -0.39 is 24.6 Å². The number of halogens is 5. The molecule has 0 bridgehead atoms. The number of benzene rings is 1. The maximum absolute atomic E-state index is 13.4. The highest BCUT2D eigenvalue weighted by molar-refractivity contribution is 6.02. The maximum Gasteiger partial charge on any atom is 0.455 e. The number of amides is 1. The molecule has 7 nitrogen and oxygen atoms in total. The third kappa shape index (κ3) is 6.98. The fraction of sp³-hybridized carbons (Fsp3) is 0.320. The van der Waals surface area contributed by atoms with E-state index in [-0.39, 0.29) is 0 Å². The minimum atomic E-state index is -5.68. The van der Waals surface area contributed by atoms with Gasteiger partial charge in [0, 0.05) is 61.1 Å². The molecule has 12 heteroatoms. The predicted molar refractivity (Wildman–Crippen MR) is 127 cm³/mol. The van der Waals surface area contributed by atoms with Gasteiger partial charge in [-0.2, -0.15) is 27.1 Å². The van der Waals surface area contributed by atoms with Gasteiger partial charge in [-0.15, -0.1) is 0 Å². The van der Waals surface area contributed by atoms with Gasteiger partial charge in [-0.25, -0.2) is 0 Å². The van der Waals surface area contributed by atoms with Crippen LogP contribution in [-0.2, 0) is 22.6 Å². The zero-order chi connectivity index (χ0) is 26.5. The Hall–Kier alpha value is -3.64. The minimum absolute atomic E-state index is 0.302. The van der Waals surface area contributed by atoms with Gasteiger partial charge in [0.1, 0.15) is 6.54 Å². The van der Waals surface area contributed by atoms with Crippen molar-refractivity contribution in [2.45, 2.75) is 25.2 Å². The summed E-state index contributed by atoms with van der Waals surface area (Å²) in [6, 6.07) is 9.04. The lowest BCUT2D eigenvalue weighted by Gasteiger charge is -2.26. The normalized spacial score (nSPS) is 15.3.